The van der Waals surface area contributed by atoms with Gasteiger partial charge in [0.25, 0.3) is 0 Å². The van der Waals surface area contributed by atoms with Gasteiger partial charge in [-0.3, -0.25) is 4.98 Å². The zero-order valence-electron chi connectivity index (χ0n) is 8.36. The summed E-state index contributed by atoms with van der Waals surface area (Å²) < 4.78 is 0. The highest BCUT2D eigenvalue weighted by Gasteiger charge is 2.12. The maximum Gasteiger partial charge on any atom is 0.0794 e. The van der Waals surface area contributed by atoms with Crippen molar-refractivity contribution in [1.29, 1.82) is 0 Å². The fourth-order valence-electron chi connectivity index (χ4n) is 1.51. The smallest absolute Gasteiger partial charge is 0.0794 e. The second-order valence-electron chi connectivity index (χ2n) is 3.43. The monoisotopic (exact) mass is 198 g/mol. The first-order valence-corrected chi connectivity index (χ1v) is 5.79. The van der Waals surface area contributed by atoms with Crippen LogP contribution >= 0.6 is 11.3 Å². The highest BCUT2D eigenvalue weighted by atomic mass is 32.1. The van der Waals surface area contributed by atoms with Gasteiger partial charge < -0.3 is 5.73 Å². The van der Waals surface area contributed by atoms with Gasteiger partial charge in [0.15, 0.2) is 0 Å². The summed E-state index contributed by atoms with van der Waals surface area (Å²) in [6.07, 6.45) is 5.43. The van der Waals surface area contributed by atoms with E-state index >= 15 is 0 Å². The Balaban J connectivity index is 2.45. The van der Waals surface area contributed by atoms with E-state index in [9.17, 15) is 0 Å². The molecule has 1 atom stereocenters. The zero-order valence-corrected chi connectivity index (χ0v) is 9.18. The van der Waals surface area contributed by atoms with E-state index in [1.54, 1.807) is 11.3 Å². The van der Waals surface area contributed by atoms with E-state index in [1.165, 1.54) is 17.7 Å². The molecule has 1 unspecified atom stereocenters. The summed E-state index contributed by atoms with van der Waals surface area (Å²) in [6, 6.07) is 0.192. The molecule has 0 saturated heterocycles. The predicted molar refractivity (Wildman–Crippen MR) is 57.7 cm³/mol. The molecule has 1 heterocycles. The quantitative estimate of drug-likeness (QED) is 0.790. The predicted octanol–water partition coefficient (Wildman–Crippen LogP) is 2.97. The minimum atomic E-state index is 0.192. The Morgan fingerprint density at radius 3 is 2.62 bits per heavy atom. The van der Waals surface area contributed by atoms with Crippen LogP contribution in [-0.2, 0) is 0 Å². The lowest BCUT2D eigenvalue weighted by atomic mass is 9.95. The van der Waals surface area contributed by atoms with E-state index in [-0.39, 0.29) is 6.04 Å². The number of aromatic nitrogens is 1. The van der Waals surface area contributed by atoms with Crippen LogP contribution in [0, 0.1) is 5.92 Å². The number of rotatable bonds is 5. The second kappa shape index (κ2) is 5.35. The fraction of sp³-hybridized carbons (Fsp3) is 0.700. The van der Waals surface area contributed by atoms with E-state index in [1.807, 2.05) is 11.7 Å². The Kier molecular flexibility index (Phi) is 4.39. The summed E-state index contributed by atoms with van der Waals surface area (Å²) in [6.45, 7) is 4.46. The first-order chi connectivity index (χ1) is 6.27. The van der Waals surface area contributed by atoms with Gasteiger partial charge in [-0.1, -0.05) is 26.7 Å². The van der Waals surface area contributed by atoms with E-state index in [2.05, 4.69) is 18.8 Å². The normalized spacial score (nSPS) is 13.5. The van der Waals surface area contributed by atoms with Crippen LogP contribution in [0.5, 0.6) is 0 Å². The Bertz CT molecular complexity index is 217. The summed E-state index contributed by atoms with van der Waals surface area (Å²) in [5.74, 6) is 0.761. The van der Waals surface area contributed by atoms with Crippen LogP contribution in [0.3, 0.4) is 0 Å². The van der Waals surface area contributed by atoms with Crippen molar-refractivity contribution < 1.29 is 0 Å². The van der Waals surface area contributed by atoms with Gasteiger partial charge in [-0.25, -0.2) is 0 Å². The second-order valence-corrected chi connectivity index (χ2v) is 4.35. The molecule has 0 amide bonds. The van der Waals surface area contributed by atoms with Crippen molar-refractivity contribution in [3.8, 4) is 0 Å². The molecule has 1 aromatic rings. The fourth-order valence-corrected chi connectivity index (χ4v) is 2.14. The molecule has 0 saturated carbocycles. The number of nitrogens with two attached hydrogens (primary N) is 1. The molecular weight excluding hydrogens is 180 g/mol. The first kappa shape index (κ1) is 10.7. The van der Waals surface area contributed by atoms with Gasteiger partial charge in [0.2, 0.25) is 0 Å². The van der Waals surface area contributed by atoms with Crippen LogP contribution < -0.4 is 5.73 Å². The zero-order chi connectivity index (χ0) is 9.68. The first-order valence-electron chi connectivity index (χ1n) is 4.91. The van der Waals surface area contributed by atoms with Crippen molar-refractivity contribution in [3.63, 3.8) is 0 Å². The molecule has 74 valence electrons. The molecule has 0 radical (unpaired) electrons. The Morgan fingerprint density at radius 1 is 1.46 bits per heavy atom. The van der Waals surface area contributed by atoms with Gasteiger partial charge in [-0.2, -0.15) is 0 Å². The average Bonchev–Trinajstić information content (AvgIpc) is 2.66. The Morgan fingerprint density at radius 2 is 2.15 bits per heavy atom. The third kappa shape index (κ3) is 3.08. The van der Waals surface area contributed by atoms with Crippen LogP contribution in [0.4, 0.5) is 0 Å². The Hall–Kier alpha value is -0.410. The maximum absolute atomic E-state index is 6.06. The van der Waals surface area contributed by atoms with E-state index in [4.69, 9.17) is 5.73 Å². The summed E-state index contributed by atoms with van der Waals surface area (Å²) in [7, 11) is 0. The summed E-state index contributed by atoms with van der Waals surface area (Å²) in [5.41, 5.74) is 7.91. The standard InChI is InChI=1S/C10H18N2S/c1-3-8(4-2)5-9(11)10-6-12-7-13-10/h6-9H,3-5,11H2,1-2H3. The van der Waals surface area contributed by atoms with Crippen molar-refractivity contribution in [2.24, 2.45) is 11.7 Å². The van der Waals surface area contributed by atoms with Gasteiger partial charge in [0.1, 0.15) is 0 Å². The van der Waals surface area contributed by atoms with Crippen molar-refractivity contribution >= 4 is 11.3 Å². The Labute approximate surface area is 84.2 Å². The molecule has 13 heavy (non-hydrogen) atoms. The average molecular weight is 198 g/mol. The van der Waals surface area contributed by atoms with E-state index in [0.717, 1.165) is 12.3 Å². The molecule has 0 aliphatic carbocycles. The number of hydrogen-bond donors (Lipinski definition) is 1. The van der Waals surface area contributed by atoms with Gasteiger partial charge in [0.05, 0.1) is 5.51 Å². The van der Waals surface area contributed by atoms with Crippen molar-refractivity contribution in [2.45, 2.75) is 39.2 Å². The minimum absolute atomic E-state index is 0.192. The van der Waals surface area contributed by atoms with E-state index < -0.39 is 0 Å². The molecular formula is C10H18N2S. The molecule has 2 nitrogen and oxygen atoms in total. The van der Waals surface area contributed by atoms with Crippen LogP contribution in [0.1, 0.15) is 44.0 Å². The minimum Gasteiger partial charge on any atom is -0.323 e. The van der Waals surface area contributed by atoms with Gasteiger partial charge >= 0.3 is 0 Å². The van der Waals surface area contributed by atoms with Crippen LogP contribution in [0.25, 0.3) is 0 Å². The topological polar surface area (TPSA) is 38.9 Å². The van der Waals surface area contributed by atoms with Gasteiger partial charge in [0, 0.05) is 17.1 Å². The number of thiazole rings is 1. The largest absolute Gasteiger partial charge is 0.323 e. The highest BCUT2D eigenvalue weighted by molar-refractivity contribution is 7.09. The van der Waals surface area contributed by atoms with Crippen LogP contribution in [0.2, 0.25) is 0 Å². The summed E-state index contributed by atoms with van der Waals surface area (Å²) >= 11 is 1.66. The van der Waals surface area contributed by atoms with Gasteiger partial charge in [-0.15, -0.1) is 11.3 Å². The van der Waals surface area contributed by atoms with Crippen LogP contribution in [0.15, 0.2) is 11.7 Å². The lowest BCUT2D eigenvalue weighted by Gasteiger charge is -2.16. The van der Waals surface area contributed by atoms with Gasteiger partial charge in [-0.05, 0) is 12.3 Å². The lowest BCUT2D eigenvalue weighted by molar-refractivity contribution is 0.417. The van der Waals surface area contributed by atoms with E-state index in [0.29, 0.717) is 0 Å². The molecule has 0 fully saturated rings. The third-order valence-electron chi connectivity index (χ3n) is 2.56. The molecule has 3 heteroatoms. The van der Waals surface area contributed by atoms with Crippen LogP contribution in [-0.4, -0.2) is 4.98 Å². The molecule has 1 aromatic heterocycles. The summed E-state index contributed by atoms with van der Waals surface area (Å²) in [5, 5.41) is 0. The highest BCUT2D eigenvalue weighted by Crippen LogP contribution is 2.24. The SMILES string of the molecule is CCC(CC)CC(N)c1cncs1. The molecule has 0 aliphatic rings. The lowest BCUT2D eigenvalue weighted by Crippen LogP contribution is -2.13. The third-order valence-corrected chi connectivity index (χ3v) is 3.47. The molecule has 2 N–H and O–H groups in total. The van der Waals surface area contributed by atoms with Crippen molar-refractivity contribution in [3.05, 3.63) is 16.6 Å². The number of hydrogen-bond acceptors (Lipinski definition) is 3. The molecule has 1 rings (SSSR count). The molecule has 0 bridgehead atoms. The summed E-state index contributed by atoms with van der Waals surface area (Å²) in [4.78, 5) is 5.26. The maximum atomic E-state index is 6.06. The molecule has 0 aliphatic heterocycles. The number of nitrogens with zero attached hydrogens (tertiary/aromatic N) is 1. The molecule has 0 aromatic carbocycles. The van der Waals surface area contributed by atoms with Crippen molar-refractivity contribution in [2.75, 3.05) is 0 Å². The van der Waals surface area contributed by atoms with Crippen molar-refractivity contribution in [1.82, 2.24) is 4.98 Å². The molecule has 0 spiro atoms.